The lowest BCUT2D eigenvalue weighted by molar-refractivity contribution is 0.102. The Balaban J connectivity index is 2.26. The SMILES string of the molecule is CN1CCC2(CCNC2)C1(C)C. The van der Waals surface area contributed by atoms with Gasteiger partial charge in [-0.25, -0.2) is 0 Å². The Kier molecular flexibility index (Phi) is 1.74. The molecule has 12 heavy (non-hydrogen) atoms. The van der Waals surface area contributed by atoms with Crippen LogP contribution in [0.3, 0.4) is 0 Å². The molecule has 2 rings (SSSR count). The Labute approximate surface area is 75.3 Å². The lowest BCUT2D eigenvalue weighted by Gasteiger charge is -2.41. The fraction of sp³-hybridized carbons (Fsp3) is 1.00. The molecule has 2 fully saturated rings. The minimum atomic E-state index is 0.399. The van der Waals surface area contributed by atoms with Crippen LogP contribution >= 0.6 is 0 Å². The van der Waals surface area contributed by atoms with E-state index in [1.165, 1.54) is 32.5 Å². The van der Waals surface area contributed by atoms with Crippen molar-refractivity contribution in [3.63, 3.8) is 0 Å². The average Bonchev–Trinajstić information content (AvgIpc) is 2.55. The van der Waals surface area contributed by atoms with Crippen molar-refractivity contribution in [3.8, 4) is 0 Å². The summed E-state index contributed by atoms with van der Waals surface area (Å²) in [7, 11) is 2.26. The second-order valence-electron chi connectivity index (χ2n) is 4.94. The van der Waals surface area contributed by atoms with Crippen molar-refractivity contribution >= 4 is 0 Å². The van der Waals surface area contributed by atoms with E-state index in [2.05, 4.69) is 31.1 Å². The highest BCUT2D eigenvalue weighted by atomic mass is 15.2. The molecule has 0 saturated carbocycles. The zero-order valence-electron chi connectivity index (χ0n) is 8.48. The largest absolute Gasteiger partial charge is 0.316 e. The molecule has 0 aliphatic carbocycles. The first-order chi connectivity index (χ1) is 5.58. The van der Waals surface area contributed by atoms with Gasteiger partial charge in [-0.15, -0.1) is 0 Å². The van der Waals surface area contributed by atoms with Gasteiger partial charge in [0.15, 0.2) is 0 Å². The molecule has 2 heterocycles. The van der Waals surface area contributed by atoms with Crippen LogP contribution < -0.4 is 5.32 Å². The third kappa shape index (κ3) is 0.882. The van der Waals surface area contributed by atoms with E-state index in [1.807, 2.05) is 0 Å². The van der Waals surface area contributed by atoms with E-state index in [4.69, 9.17) is 0 Å². The molecule has 2 saturated heterocycles. The monoisotopic (exact) mass is 168 g/mol. The van der Waals surface area contributed by atoms with Crippen molar-refractivity contribution in [2.75, 3.05) is 26.7 Å². The maximum atomic E-state index is 3.50. The molecule has 0 aromatic heterocycles. The van der Waals surface area contributed by atoms with E-state index in [1.54, 1.807) is 0 Å². The molecule has 2 aliphatic rings. The molecule has 1 atom stereocenters. The van der Waals surface area contributed by atoms with Crippen molar-refractivity contribution in [2.45, 2.75) is 32.2 Å². The second kappa shape index (κ2) is 2.46. The Hall–Kier alpha value is -0.0800. The van der Waals surface area contributed by atoms with E-state index >= 15 is 0 Å². The van der Waals surface area contributed by atoms with E-state index in [-0.39, 0.29) is 0 Å². The van der Waals surface area contributed by atoms with Crippen molar-refractivity contribution in [2.24, 2.45) is 5.41 Å². The number of nitrogens with one attached hydrogen (secondary N) is 1. The molecule has 1 spiro atoms. The number of likely N-dealkylation sites (tertiary alicyclic amines) is 1. The average molecular weight is 168 g/mol. The van der Waals surface area contributed by atoms with Crippen molar-refractivity contribution in [1.29, 1.82) is 0 Å². The van der Waals surface area contributed by atoms with Crippen LogP contribution in [-0.2, 0) is 0 Å². The molecule has 0 aromatic rings. The molecule has 0 amide bonds. The summed E-state index contributed by atoms with van der Waals surface area (Å²) in [5.74, 6) is 0. The highest BCUT2D eigenvalue weighted by molar-refractivity contribution is 5.08. The van der Waals surface area contributed by atoms with Crippen LogP contribution in [0.4, 0.5) is 0 Å². The molecular formula is C10H20N2. The van der Waals surface area contributed by atoms with Gasteiger partial charge in [0, 0.05) is 17.5 Å². The summed E-state index contributed by atoms with van der Waals surface area (Å²) >= 11 is 0. The van der Waals surface area contributed by atoms with Gasteiger partial charge in [0.05, 0.1) is 0 Å². The number of hydrogen-bond acceptors (Lipinski definition) is 2. The predicted molar refractivity (Wildman–Crippen MR) is 51.2 cm³/mol. The highest BCUT2D eigenvalue weighted by Gasteiger charge is 2.52. The molecule has 1 unspecified atom stereocenters. The summed E-state index contributed by atoms with van der Waals surface area (Å²) in [5, 5.41) is 3.50. The molecule has 0 bridgehead atoms. The number of nitrogens with zero attached hydrogens (tertiary/aromatic N) is 1. The molecule has 1 N–H and O–H groups in total. The summed E-state index contributed by atoms with van der Waals surface area (Å²) in [5.41, 5.74) is 0.970. The Morgan fingerprint density at radius 3 is 2.42 bits per heavy atom. The van der Waals surface area contributed by atoms with Gasteiger partial charge in [-0.1, -0.05) is 0 Å². The maximum absolute atomic E-state index is 3.50. The van der Waals surface area contributed by atoms with Crippen molar-refractivity contribution < 1.29 is 0 Å². The lowest BCUT2D eigenvalue weighted by atomic mass is 9.71. The predicted octanol–water partition coefficient (Wildman–Crippen LogP) is 1.08. The van der Waals surface area contributed by atoms with Gasteiger partial charge in [0.25, 0.3) is 0 Å². The first kappa shape index (κ1) is 8.52. The summed E-state index contributed by atoms with van der Waals surface area (Å²) in [6, 6.07) is 0. The Bertz CT molecular complexity index is 180. The van der Waals surface area contributed by atoms with Crippen LogP contribution in [0, 0.1) is 5.41 Å². The molecule has 2 nitrogen and oxygen atoms in total. The quantitative estimate of drug-likeness (QED) is 0.582. The van der Waals surface area contributed by atoms with E-state index in [0.29, 0.717) is 11.0 Å². The Morgan fingerprint density at radius 2 is 2.00 bits per heavy atom. The summed E-state index contributed by atoms with van der Waals surface area (Å²) in [6.45, 7) is 8.51. The zero-order chi connectivity index (χ0) is 8.82. The summed E-state index contributed by atoms with van der Waals surface area (Å²) in [4.78, 5) is 2.51. The standard InChI is InChI=1S/C10H20N2/c1-9(2)10(4-6-11-8-10)5-7-12(9)3/h11H,4-8H2,1-3H3. The number of rotatable bonds is 0. The summed E-state index contributed by atoms with van der Waals surface area (Å²) in [6.07, 6.45) is 2.74. The van der Waals surface area contributed by atoms with Gasteiger partial charge < -0.3 is 10.2 Å². The fourth-order valence-electron chi connectivity index (χ4n) is 2.85. The van der Waals surface area contributed by atoms with Crippen LogP contribution in [0.25, 0.3) is 0 Å². The third-order valence-electron chi connectivity index (χ3n) is 4.42. The third-order valence-corrected chi connectivity index (χ3v) is 4.42. The normalized spacial score (nSPS) is 41.2. The van der Waals surface area contributed by atoms with Crippen LogP contribution in [0.5, 0.6) is 0 Å². The fourth-order valence-corrected chi connectivity index (χ4v) is 2.85. The topological polar surface area (TPSA) is 15.3 Å². The maximum Gasteiger partial charge on any atom is 0.0219 e. The molecule has 70 valence electrons. The van der Waals surface area contributed by atoms with Gasteiger partial charge >= 0.3 is 0 Å². The molecular weight excluding hydrogens is 148 g/mol. The van der Waals surface area contributed by atoms with Crippen LogP contribution in [-0.4, -0.2) is 37.1 Å². The highest BCUT2D eigenvalue weighted by Crippen LogP contribution is 2.48. The van der Waals surface area contributed by atoms with Gasteiger partial charge in [-0.2, -0.15) is 0 Å². The van der Waals surface area contributed by atoms with Crippen molar-refractivity contribution in [1.82, 2.24) is 10.2 Å². The second-order valence-corrected chi connectivity index (χ2v) is 4.94. The molecule has 2 aliphatic heterocycles. The lowest BCUT2D eigenvalue weighted by Crippen LogP contribution is -2.48. The smallest absolute Gasteiger partial charge is 0.0219 e. The molecule has 0 radical (unpaired) electrons. The molecule has 2 heteroatoms. The van der Waals surface area contributed by atoms with Crippen LogP contribution in [0.1, 0.15) is 26.7 Å². The van der Waals surface area contributed by atoms with E-state index in [9.17, 15) is 0 Å². The Morgan fingerprint density at radius 1 is 1.25 bits per heavy atom. The summed E-state index contributed by atoms with van der Waals surface area (Å²) < 4.78 is 0. The van der Waals surface area contributed by atoms with Crippen LogP contribution in [0.15, 0.2) is 0 Å². The number of hydrogen-bond donors (Lipinski definition) is 1. The van der Waals surface area contributed by atoms with Gasteiger partial charge in [-0.3, -0.25) is 0 Å². The molecule has 0 aromatic carbocycles. The first-order valence-corrected chi connectivity index (χ1v) is 5.00. The van der Waals surface area contributed by atoms with Crippen molar-refractivity contribution in [3.05, 3.63) is 0 Å². The van der Waals surface area contributed by atoms with Crippen LogP contribution in [0.2, 0.25) is 0 Å². The van der Waals surface area contributed by atoms with Gasteiger partial charge in [0.2, 0.25) is 0 Å². The first-order valence-electron chi connectivity index (χ1n) is 5.00. The van der Waals surface area contributed by atoms with E-state index < -0.39 is 0 Å². The van der Waals surface area contributed by atoms with Gasteiger partial charge in [-0.05, 0) is 46.8 Å². The zero-order valence-corrected chi connectivity index (χ0v) is 8.48. The van der Waals surface area contributed by atoms with Gasteiger partial charge in [0.1, 0.15) is 0 Å². The minimum absolute atomic E-state index is 0.399. The minimum Gasteiger partial charge on any atom is -0.316 e. The van der Waals surface area contributed by atoms with E-state index in [0.717, 1.165) is 0 Å².